The van der Waals surface area contributed by atoms with Gasteiger partial charge in [-0.15, -0.1) is 0 Å². The molecule has 7 heteroatoms. The Labute approximate surface area is 160 Å². The molecule has 7 nitrogen and oxygen atoms in total. The summed E-state index contributed by atoms with van der Waals surface area (Å²) in [4.78, 5) is 37.2. The Morgan fingerprint density at radius 2 is 1.50 bits per heavy atom. The zero-order valence-electron chi connectivity index (χ0n) is 14.9. The third kappa shape index (κ3) is 3.73. The third-order valence-corrected chi connectivity index (χ3v) is 4.09. The SMILES string of the molecule is COC(=O)c1ccccc1N(C(=O)c1ccc([N+](=O)[O-])cc1)c1ccccc1. The van der Waals surface area contributed by atoms with Crippen LogP contribution in [0.4, 0.5) is 17.1 Å². The van der Waals surface area contributed by atoms with Crippen molar-refractivity contribution in [3.05, 3.63) is 100 Å². The normalized spacial score (nSPS) is 10.2. The first-order valence-corrected chi connectivity index (χ1v) is 8.34. The number of carbonyl (C=O) groups excluding carboxylic acids is 2. The van der Waals surface area contributed by atoms with Crippen LogP contribution in [-0.4, -0.2) is 23.9 Å². The average Bonchev–Trinajstić information content (AvgIpc) is 2.74. The highest BCUT2D eigenvalue weighted by Crippen LogP contribution is 2.31. The number of nitro benzene ring substituents is 1. The lowest BCUT2D eigenvalue weighted by molar-refractivity contribution is -0.384. The van der Waals surface area contributed by atoms with E-state index in [2.05, 4.69) is 0 Å². The highest BCUT2D eigenvalue weighted by atomic mass is 16.6. The van der Waals surface area contributed by atoms with E-state index >= 15 is 0 Å². The van der Waals surface area contributed by atoms with Crippen LogP contribution in [0.5, 0.6) is 0 Å². The van der Waals surface area contributed by atoms with E-state index in [-0.39, 0.29) is 16.8 Å². The number of anilines is 2. The Hall–Kier alpha value is -4.00. The molecule has 0 aromatic heterocycles. The van der Waals surface area contributed by atoms with Gasteiger partial charge in [-0.05, 0) is 36.4 Å². The first kappa shape index (κ1) is 18.8. The lowest BCUT2D eigenvalue weighted by Gasteiger charge is -2.25. The number of para-hydroxylation sites is 2. The third-order valence-electron chi connectivity index (χ3n) is 4.09. The van der Waals surface area contributed by atoms with E-state index in [1.54, 1.807) is 48.5 Å². The summed E-state index contributed by atoms with van der Waals surface area (Å²) in [5.74, 6) is -1.01. The topological polar surface area (TPSA) is 89.8 Å². The number of ether oxygens (including phenoxy) is 1. The minimum absolute atomic E-state index is 0.113. The molecule has 140 valence electrons. The Bertz CT molecular complexity index is 1020. The molecule has 3 aromatic rings. The van der Waals surface area contributed by atoms with Gasteiger partial charge in [-0.3, -0.25) is 19.8 Å². The van der Waals surface area contributed by atoms with Crippen molar-refractivity contribution in [1.29, 1.82) is 0 Å². The second kappa shape index (κ2) is 8.13. The van der Waals surface area contributed by atoms with E-state index in [0.717, 1.165) is 0 Å². The van der Waals surface area contributed by atoms with Gasteiger partial charge in [0.25, 0.3) is 11.6 Å². The molecule has 0 heterocycles. The molecule has 1 amide bonds. The number of esters is 1. The van der Waals surface area contributed by atoms with E-state index in [1.807, 2.05) is 6.07 Å². The number of non-ortho nitro benzene ring substituents is 1. The fraction of sp³-hybridized carbons (Fsp3) is 0.0476. The number of rotatable bonds is 5. The maximum absolute atomic E-state index is 13.3. The lowest BCUT2D eigenvalue weighted by Crippen LogP contribution is -2.27. The predicted octanol–water partition coefficient (Wildman–Crippen LogP) is 4.36. The molecule has 0 aliphatic carbocycles. The van der Waals surface area contributed by atoms with Crippen LogP contribution in [0.2, 0.25) is 0 Å². The minimum Gasteiger partial charge on any atom is -0.465 e. The number of nitrogens with zero attached hydrogens (tertiary/aromatic N) is 2. The van der Waals surface area contributed by atoms with Gasteiger partial charge in [-0.1, -0.05) is 30.3 Å². The summed E-state index contributed by atoms with van der Waals surface area (Å²) in [5, 5.41) is 10.9. The van der Waals surface area contributed by atoms with Gasteiger partial charge >= 0.3 is 5.97 Å². The molecular formula is C21H16N2O5. The van der Waals surface area contributed by atoms with Crippen LogP contribution in [0.25, 0.3) is 0 Å². The van der Waals surface area contributed by atoms with E-state index in [0.29, 0.717) is 11.4 Å². The first-order chi connectivity index (χ1) is 13.5. The van der Waals surface area contributed by atoms with Crippen LogP contribution < -0.4 is 4.90 Å². The van der Waals surface area contributed by atoms with Gasteiger partial charge in [0.15, 0.2) is 0 Å². The highest BCUT2D eigenvalue weighted by Gasteiger charge is 2.25. The predicted molar refractivity (Wildman–Crippen MR) is 104 cm³/mol. The molecule has 0 aliphatic rings. The van der Waals surface area contributed by atoms with E-state index in [1.165, 1.54) is 36.3 Å². The highest BCUT2D eigenvalue weighted by molar-refractivity contribution is 6.13. The van der Waals surface area contributed by atoms with Gasteiger partial charge in [-0.2, -0.15) is 0 Å². The van der Waals surface area contributed by atoms with Crippen molar-refractivity contribution in [2.75, 3.05) is 12.0 Å². The molecule has 0 bridgehead atoms. The Morgan fingerprint density at radius 1 is 0.893 bits per heavy atom. The van der Waals surface area contributed by atoms with Crippen molar-refractivity contribution < 1.29 is 19.2 Å². The molecule has 0 saturated carbocycles. The molecule has 0 fully saturated rings. The number of hydrogen-bond acceptors (Lipinski definition) is 5. The Balaban J connectivity index is 2.13. The summed E-state index contributed by atoms with van der Waals surface area (Å²) >= 11 is 0. The van der Waals surface area contributed by atoms with Gasteiger partial charge in [0.05, 0.1) is 23.3 Å². The van der Waals surface area contributed by atoms with Crippen molar-refractivity contribution >= 4 is 28.9 Å². The summed E-state index contributed by atoms with van der Waals surface area (Å²) < 4.78 is 4.84. The quantitative estimate of drug-likeness (QED) is 0.375. The summed E-state index contributed by atoms with van der Waals surface area (Å²) in [6.45, 7) is 0. The number of amides is 1. The molecule has 0 radical (unpaired) electrons. The zero-order valence-corrected chi connectivity index (χ0v) is 14.9. The molecular weight excluding hydrogens is 360 g/mol. The second-order valence-electron chi connectivity index (χ2n) is 5.79. The number of hydrogen-bond donors (Lipinski definition) is 0. The molecule has 0 spiro atoms. The number of methoxy groups -OCH3 is 1. The van der Waals surface area contributed by atoms with Crippen molar-refractivity contribution in [1.82, 2.24) is 0 Å². The maximum Gasteiger partial charge on any atom is 0.339 e. The molecule has 3 rings (SSSR count). The Kier molecular flexibility index (Phi) is 5.45. The van der Waals surface area contributed by atoms with Gasteiger partial charge in [-0.25, -0.2) is 4.79 Å². The molecule has 0 unspecified atom stereocenters. The number of carbonyl (C=O) groups is 2. The van der Waals surface area contributed by atoms with Crippen molar-refractivity contribution in [2.45, 2.75) is 0 Å². The van der Waals surface area contributed by atoms with Crippen LogP contribution >= 0.6 is 0 Å². The molecule has 3 aromatic carbocycles. The van der Waals surface area contributed by atoms with Gasteiger partial charge in [0, 0.05) is 23.4 Å². The first-order valence-electron chi connectivity index (χ1n) is 8.34. The molecule has 0 N–H and O–H groups in total. The van der Waals surface area contributed by atoms with Crippen LogP contribution in [0.15, 0.2) is 78.9 Å². The number of nitro groups is 1. The molecule has 0 aliphatic heterocycles. The monoisotopic (exact) mass is 376 g/mol. The van der Waals surface area contributed by atoms with Gasteiger partial charge in [0.2, 0.25) is 0 Å². The summed E-state index contributed by atoms with van der Waals surface area (Å²) in [5.41, 5.74) is 1.25. The lowest BCUT2D eigenvalue weighted by atomic mass is 10.1. The van der Waals surface area contributed by atoms with Crippen molar-refractivity contribution in [2.24, 2.45) is 0 Å². The second-order valence-corrected chi connectivity index (χ2v) is 5.79. The molecule has 28 heavy (non-hydrogen) atoms. The fourth-order valence-corrected chi connectivity index (χ4v) is 2.75. The van der Waals surface area contributed by atoms with E-state index in [9.17, 15) is 19.7 Å². The maximum atomic E-state index is 13.3. The van der Waals surface area contributed by atoms with Crippen molar-refractivity contribution in [3.8, 4) is 0 Å². The average molecular weight is 376 g/mol. The van der Waals surface area contributed by atoms with Crippen LogP contribution in [0.3, 0.4) is 0 Å². The van der Waals surface area contributed by atoms with Crippen molar-refractivity contribution in [3.63, 3.8) is 0 Å². The van der Waals surface area contributed by atoms with Crippen LogP contribution in [-0.2, 0) is 4.74 Å². The van der Waals surface area contributed by atoms with E-state index < -0.39 is 16.8 Å². The van der Waals surface area contributed by atoms with Crippen LogP contribution in [0, 0.1) is 10.1 Å². The summed E-state index contributed by atoms with van der Waals surface area (Å²) in [7, 11) is 1.27. The summed E-state index contributed by atoms with van der Waals surface area (Å²) in [6.07, 6.45) is 0. The smallest absolute Gasteiger partial charge is 0.339 e. The molecule has 0 saturated heterocycles. The molecule has 0 atom stereocenters. The fourth-order valence-electron chi connectivity index (χ4n) is 2.75. The largest absolute Gasteiger partial charge is 0.465 e. The van der Waals surface area contributed by atoms with Gasteiger partial charge in [0.1, 0.15) is 0 Å². The minimum atomic E-state index is -0.576. The van der Waals surface area contributed by atoms with E-state index in [4.69, 9.17) is 4.74 Å². The zero-order chi connectivity index (χ0) is 20.1. The van der Waals surface area contributed by atoms with Crippen LogP contribution in [0.1, 0.15) is 20.7 Å². The van der Waals surface area contributed by atoms with Gasteiger partial charge < -0.3 is 4.74 Å². The number of benzene rings is 3. The standard InChI is InChI=1S/C21H16N2O5/c1-28-21(25)18-9-5-6-10-19(18)22(16-7-3-2-4-8-16)20(24)15-11-13-17(14-12-15)23(26)27/h2-14H,1H3. The Morgan fingerprint density at radius 3 is 2.11 bits per heavy atom. The summed E-state index contributed by atoms with van der Waals surface area (Å²) in [6, 6.07) is 20.7.